The van der Waals surface area contributed by atoms with Gasteiger partial charge in [-0.25, -0.2) is 10.8 Å². The molecule has 0 bridgehead atoms. The van der Waals surface area contributed by atoms with E-state index < -0.39 is 0 Å². The highest BCUT2D eigenvalue weighted by Gasteiger charge is 2.16. The number of nitrogen functional groups attached to an aromatic ring is 1. The molecule has 9 nitrogen and oxygen atoms in total. The summed E-state index contributed by atoms with van der Waals surface area (Å²) in [5, 5.41) is 0. The van der Waals surface area contributed by atoms with E-state index in [0.717, 1.165) is 13.1 Å². The van der Waals surface area contributed by atoms with Gasteiger partial charge in [0.2, 0.25) is 17.8 Å². The third-order valence-electron chi connectivity index (χ3n) is 2.77. The molecular weight excluding hydrogens is 248 g/mol. The first-order valence-electron chi connectivity index (χ1n) is 5.90. The standard InChI is InChI=1S/C10H14N8O/c11-16-8-13-9(17-3-5-19-6-4-17)15-10(14-8)18-2-1-12-7-18/h1-2,7H,3-6,11H2,(H,13,14,15,16). The molecule has 9 heteroatoms. The van der Waals surface area contributed by atoms with E-state index in [1.165, 1.54) is 0 Å². The second-order valence-corrected chi connectivity index (χ2v) is 3.97. The van der Waals surface area contributed by atoms with Crippen LogP contribution in [-0.2, 0) is 4.74 Å². The van der Waals surface area contributed by atoms with Gasteiger partial charge in [-0.3, -0.25) is 9.99 Å². The zero-order chi connectivity index (χ0) is 13.1. The summed E-state index contributed by atoms with van der Waals surface area (Å²) >= 11 is 0. The molecule has 0 radical (unpaired) electrons. The van der Waals surface area contributed by atoms with Crippen LogP contribution >= 0.6 is 0 Å². The smallest absolute Gasteiger partial charge is 0.243 e. The highest BCUT2D eigenvalue weighted by Crippen LogP contribution is 2.14. The predicted octanol–water partition coefficient (Wildman–Crippen LogP) is -0.820. The van der Waals surface area contributed by atoms with Crippen LogP contribution in [0.4, 0.5) is 11.9 Å². The van der Waals surface area contributed by atoms with Crippen LogP contribution in [0.3, 0.4) is 0 Å². The molecule has 0 atom stereocenters. The van der Waals surface area contributed by atoms with Crippen molar-refractivity contribution in [3.8, 4) is 5.95 Å². The largest absolute Gasteiger partial charge is 0.378 e. The summed E-state index contributed by atoms with van der Waals surface area (Å²) in [6.07, 6.45) is 5.05. The molecule has 0 amide bonds. The van der Waals surface area contributed by atoms with Crippen molar-refractivity contribution in [2.24, 2.45) is 5.84 Å². The molecule has 2 aromatic rings. The number of nitrogens with one attached hydrogen (secondary N) is 1. The maximum Gasteiger partial charge on any atom is 0.243 e. The Labute approximate surface area is 109 Å². The Bertz CT molecular complexity index is 536. The maximum absolute atomic E-state index is 5.40. The molecule has 1 aliphatic rings. The molecule has 100 valence electrons. The van der Waals surface area contributed by atoms with Gasteiger partial charge in [0.1, 0.15) is 6.33 Å². The zero-order valence-corrected chi connectivity index (χ0v) is 10.2. The summed E-state index contributed by atoms with van der Waals surface area (Å²) in [6.45, 7) is 2.82. The van der Waals surface area contributed by atoms with Gasteiger partial charge >= 0.3 is 0 Å². The first kappa shape index (κ1) is 11.8. The number of imidazole rings is 1. The number of rotatable bonds is 3. The molecular formula is C10H14N8O. The van der Waals surface area contributed by atoms with Gasteiger partial charge in [0.05, 0.1) is 13.2 Å². The summed E-state index contributed by atoms with van der Waals surface area (Å²) in [5.74, 6) is 6.77. The summed E-state index contributed by atoms with van der Waals surface area (Å²) < 4.78 is 7.01. The summed E-state index contributed by atoms with van der Waals surface area (Å²) in [5.41, 5.74) is 2.45. The van der Waals surface area contributed by atoms with Crippen molar-refractivity contribution in [3.05, 3.63) is 18.7 Å². The fraction of sp³-hybridized carbons (Fsp3) is 0.400. The van der Waals surface area contributed by atoms with Crippen molar-refractivity contribution >= 4 is 11.9 Å². The fourth-order valence-electron chi connectivity index (χ4n) is 1.82. The Kier molecular flexibility index (Phi) is 3.21. The second-order valence-electron chi connectivity index (χ2n) is 3.97. The molecule has 1 saturated heterocycles. The number of morpholine rings is 1. The molecule has 1 fully saturated rings. The first-order chi connectivity index (χ1) is 9.36. The van der Waals surface area contributed by atoms with Crippen LogP contribution in [0.2, 0.25) is 0 Å². The van der Waals surface area contributed by atoms with Gasteiger partial charge in [0.25, 0.3) is 0 Å². The maximum atomic E-state index is 5.40. The third-order valence-corrected chi connectivity index (χ3v) is 2.77. The molecule has 1 aliphatic heterocycles. The number of ether oxygens (including phenoxy) is 1. The van der Waals surface area contributed by atoms with Crippen LogP contribution < -0.4 is 16.2 Å². The zero-order valence-electron chi connectivity index (χ0n) is 10.2. The lowest BCUT2D eigenvalue weighted by Gasteiger charge is -2.26. The minimum atomic E-state index is 0.320. The number of aromatic nitrogens is 5. The van der Waals surface area contributed by atoms with Crippen LogP contribution in [0, 0.1) is 0 Å². The van der Waals surface area contributed by atoms with Crippen molar-refractivity contribution in [3.63, 3.8) is 0 Å². The average Bonchev–Trinajstić information content (AvgIpc) is 3.02. The molecule has 3 N–H and O–H groups in total. The van der Waals surface area contributed by atoms with Crippen molar-refractivity contribution < 1.29 is 4.74 Å². The summed E-state index contributed by atoms with van der Waals surface area (Å²) in [7, 11) is 0. The van der Waals surface area contributed by atoms with Gasteiger partial charge in [0.15, 0.2) is 0 Å². The second kappa shape index (κ2) is 5.16. The molecule has 3 heterocycles. The van der Waals surface area contributed by atoms with Gasteiger partial charge < -0.3 is 9.64 Å². The van der Waals surface area contributed by atoms with E-state index in [2.05, 4.69) is 25.4 Å². The number of nitrogens with zero attached hydrogens (tertiary/aromatic N) is 6. The monoisotopic (exact) mass is 262 g/mol. The molecule has 0 saturated carbocycles. The minimum absolute atomic E-state index is 0.320. The highest BCUT2D eigenvalue weighted by atomic mass is 16.5. The quantitative estimate of drug-likeness (QED) is 0.545. The molecule has 19 heavy (non-hydrogen) atoms. The van der Waals surface area contributed by atoms with E-state index in [1.807, 2.05) is 4.90 Å². The molecule has 0 unspecified atom stereocenters. The molecule has 0 aromatic carbocycles. The van der Waals surface area contributed by atoms with Gasteiger partial charge in [-0.2, -0.15) is 15.0 Å². The fourth-order valence-corrected chi connectivity index (χ4v) is 1.82. The number of hydrogen-bond donors (Lipinski definition) is 2. The topological polar surface area (TPSA) is 107 Å². The lowest BCUT2D eigenvalue weighted by molar-refractivity contribution is 0.122. The lowest BCUT2D eigenvalue weighted by atomic mass is 10.4. The van der Waals surface area contributed by atoms with Crippen molar-refractivity contribution in [2.45, 2.75) is 0 Å². The van der Waals surface area contributed by atoms with E-state index >= 15 is 0 Å². The highest BCUT2D eigenvalue weighted by molar-refractivity contribution is 5.39. The van der Waals surface area contributed by atoms with Crippen LogP contribution in [-0.4, -0.2) is 50.8 Å². The number of nitrogens with two attached hydrogens (primary N) is 1. The SMILES string of the molecule is NNc1nc(N2CCOCC2)nc(-n2ccnc2)n1. The summed E-state index contributed by atoms with van der Waals surface area (Å²) in [4.78, 5) is 18.9. The molecule has 3 rings (SSSR count). The van der Waals surface area contributed by atoms with E-state index in [9.17, 15) is 0 Å². The molecule has 0 aliphatic carbocycles. The van der Waals surface area contributed by atoms with E-state index in [4.69, 9.17) is 10.6 Å². The van der Waals surface area contributed by atoms with E-state index in [1.54, 1.807) is 23.3 Å². The van der Waals surface area contributed by atoms with Crippen LogP contribution in [0.5, 0.6) is 0 Å². The summed E-state index contributed by atoms with van der Waals surface area (Å²) in [6, 6.07) is 0. The van der Waals surface area contributed by atoms with Crippen LogP contribution in [0.15, 0.2) is 18.7 Å². The van der Waals surface area contributed by atoms with Gasteiger partial charge in [-0.05, 0) is 0 Å². The Hall–Kier alpha value is -2.26. The van der Waals surface area contributed by atoms with Crippen LogP contribution in [0.1, 0.15) is 0 Å². The normalized spacial score (nSPS) is 15.5. The predicted molar refractivity (Wildman–Crippen MR) is 67.8 cm³/mol. The Morgan fingerprint density at radius 1 is 1.16 bits per heavy atom. The van der Waals surface area contributed by atoms with Gasteiger partial charge in [0, 0.05) is 25.5 Å². The van der Waals surface area contributed by atoms with E-state index in [0.29, 0.717) is 31.1 Å². The number of hydrazine groups is 1. The van der Waals surface area contributed by atoms with Crippen molar-refractivity contribution in [1.29, 1.82) is 0 Å². The molecule has 2 aromatic heterocycles. The Balaban J connectivity index is 1.97. The first-order valence-corrected chi connectivity index (χ1v) is 5.90. The number of hydrogen-bond acceptors (Lipinski definition) is 8. The lowest BCUT2D eigenvalue weighted by Crippen LogP contribution is -2.37. The Morgan fingerprint density at radius 2 is 1.95 bits per heavy atom. The van der Waals surface area contributed by atoms with Crippen molar-refractivity contribution in [2.75, 3.05) is 36.6 Å². The molecule has 0 spiro atoms. The average molecular weight is 262 g/mol. The van der Waals surface area contributed by atoms with Crippen molar-refractivity contribution in [1.82, 2.24) is 24.5 Å². The Morgan fingerprint density at radius 3 is 2.63 bits per heavy atom. The van der Waals surface area contributed by atoms with Crippen LogP contribution in [0.25, 0.3) is 5.95 Å². The third kappa shape index (κ3) is 2.46. The minimum Gasteiger partial charge on any atom is -0.378 e. The van der Waals surface area contributed by atoms with E-state index in [-0.39, 0.29) is 0 Å². The van der Waals surface area contributed by atoms with Gasteiger partial charge in [-0.1, -0.05) is 0 Å². The van der Waals surface area contributed by atoms with Gasteiger partial charge in [-0.15, -0.1) is 0 Å². The number of anilines is 2.